The van der Waals surface area contributed by atoms with Gasteiger partial charge in [0.25, 0.3) is 5.91 Å². The number of carbonyl (C=O) groups excluding carboxylic acids is 1. The number of amides is 1. The van der Waals surface area contributed by atoms with Gasteiger partial charge in [0.2, 0.25) is 0 Å². The molecule has 0 spiro atoms. The van der Waals surface area contributed by atoms with Crippen LogP contribution in [0.5, 0.6) is 0 Å². The number of likely N-dealkylation sites (N-methyl/N-ethyl adjacent to an activating group) is 1. The second kappa shape index (κ2) is 9.51. The van der Waals surface area contributed by atoms with Crippen LogP contribution in [-0.2, 0) is 19.0 Å². The Balaban J connectivity index is 1.39. The fourth-order valence-electron chi connectivity index (χ4n) is 3.68. The third-order valence-corrected chi connectivity index (χ3v) is 6.65. The van der Waals surface area contributed by atoms with E-state index in [9.17, 15) is 9.18 Å². The maximum Gasteiger partial charge on any atom is 0.263 e. The Morgan fingerprint density at radius 2 is 2.10 bits per heavy atom. The van der Waals surface area contributed by atoms with Crippen LogP contribution in [0.1, 0.15) is 12.8 Å². The van der Waals surface area contributed by atoms with E-state index in [-0.39, 0.29) is 6.10 Å². The molecule has 0 N–H and O–H groups in total. The summed E-state index contributed by atoms with van der Waals surface area (Å²) in [5, 5.41) is 0.477. The van der Waals surface area contributed by atoms with Crippen LogP contribution >= 0.6 is 11.8 Å². The molecule has 0 bridgehead atoms. The molecule has 4 rings (SSSR count). The number of carbonyl (C=O) groups is 1. The highest BCUT2D eigenvalue weighted by atomic mass is 32.2. The van der Waals surface area contributed by atoms with Crippen LogP contribution < -0.4 is 0 Å². The molecule has 3 aliphatic heterocycles. The summed E-state index contributed by atoms with van der Waals surface area (Å²) in [6.07, 6.45) is 4.81. The Labute approximate surface area is 174 Å². The monoisotopic (exact) mass is 423 g/mol. The van der Waals surface area contributed by atoms with Crippen molar-refractivity contribution in [3.63, 3.8) is 0 Å². The molecule has 2 unspecified atom stereocenters. The van der Waals surface area contributed by atoms with Gasteiger partial charge in [-0.05, 0) is 19.9 Å². The van der Waals surface area contributed by atoms with E-state index in [0.29, 0.717) is 41.5 Å². The summed E-state index contributed by atoms with van der Waals surface area (Å²) in [7, 11) is 2.03. The van der Waals surface area contributed by atoms with Crippen molar-refractivity contribution in [2.45, 2.75) is 24.2 Å². The first-order chi connectivity index (χ1) is 14.1. The van der Waals surface area contributed by atoms with Gasteiger partial charge in [-0.3, -0.25) is 4.79 Å². The van der Waals surface area contributed by atoms with Gasteiger partial charge < -0.3 is 19.1 Å². The number of aliphatic imine (C=N–C) groups is 2. The van der Waals surface area contributed by atoms with E-state index in [1.165, 1.54) is 6.08 Å². The molecule has 2 atom stereocenters. The predicted molar refractivity (Wildman–Crippen MR) is 110 cm³/mol. The van der Waals surface area contributed by atoms with E-state index in [1.54, 1.807) is 17.8 Å². The lowest BCUT2D eigenvalue weighted by Gasteiger charge is -2.30. The summed E-state index contributed by atoms with van der Waals surface area (Å²) < 4.78 is 31.4. The van der Waals surface area contributed by atoms with Gasteiger partial charge in [0.15, 0.2) is 0 Å². The topological polar surface area (TPSA) is 72.7 Å². The fourth-order valence-corrected chi connectivity index (χ4v) is 4.72. The first kappa shape index (κ1) is 20.7. The van der Waals surface area contributed by atoms with E-state index in [1.807, 2.05) is 7.05 Å². The lowest BCUT2D eigenvalue weighted by molar-refractivity contribution is -0.119. The average Bonchev–Trinajstić information content (AvgIpc) is 2.71. The van der Waals surface area contributed by atoms with Crippen LogP contribution in [0, 0.1) is 5.92 Å². The Kier molecular flexibility index (Phi) is 6.79. The van der Waals surface area contributed by atoms with Crippen molar-refractivity contribution >= 4 is 29.2 Å². The first-order valence-corrected chi connectivity index (χ1v) is 11.0. The second-order valence-corrected chi connectivity index (χ2v) is 8.89. The molecule has 2 saturated heterocycles. The summed E-state index contributed by atoms with van der Waals surface area (Å²) in [6, 6.07) is 0. The largest absolute Gasteiger partial charge is 0.491 e. The van der Waals surface area contributed by atoms with E-state index in [0.717, 1.165) is 39.1 Å². The first-order valence-electron chi connectivity index (χ1n) is 9.99. The van der Waals surface area contributed by atoms with Crippen LogP contribution in [0.3, 0.4) is 0 Å². The molecular weight excluding hydrogens is 397 g/mol. The summed E-state index contributed by atoms with van der Waals surface area (Å²) >= 11 is 1.72. The van der Waals surface area contributed by atoms with Gasteiger partial charge in [-0.15, -0.1) is 0 Å². The van der Waals surface area contributed by atoms with Gasteiger partial charge in [-0.2, -0.15) is 16.8 Å². The maximum absolute atomic E-state index is 14.6. The molecule has 7 nitrogen and oxygen atoms in total. The summed E-state index contributed by atoms with van der Waals surface area (Å²) in [4.78, 5) is 23.0. The van der Waals surface area contributed by atoms with Gasteiger partial charge in [0.1, 0.15) is 36.1 Å². The van der Waals surface area contributed by atoms with Crippen molar-refractivity contribution < 1.29 is 23.4 Å². The molecule has 29 heavy (non-hydrogen) atoms. The van der Waals surface area contributed by atoms with Gasteiger partial charge in [0, 0.05) is 43.7 Å². The minimum atomic E-state index is -1.05. The number of thioether (sulfide) groups is 1. The van der Waals surface area contributed by atoms with Crippen molar-refractivity contribution in [1.29, 1.82) is 0 Å². The number of hydrogen-bond acceptors (Lipinski definition) is 7. The van der Waals surface area contributed by atoms with Crippen molar-refractivity contribution in [1.82, 2.24) is 4.90 Å². The van der Waals surface area contributed by atoms with Crippen LogP contribution in [-0.4, -0.2) is 86.0 Å². The second-order valence-electron chi connectivity index (χ2n) is 7.60. The summed E-state index contributed by atoms with van der Waals surface area (Å²) in [5.41, 5.74) is 0.365. The molecule has 1 amide bonds. The van der Waals surface area contributed by atoms with E-state index in [4.69, 9.17) is 14.2 Å². The van der Waals surface area contributed by atoms with Crippen LogP contribution in [0.4, 0.5) is 4.39 Å². The summed E-state index contributed by atoms with van der Waals surface area (Å²) in [6.45, 7) is 4.16. The molecule has 0 aromatic carbocycles. The minimum Gasteiger partial charge on any atom is -0.491 e. The number of morpholine rings is 1. The fraction of sp³-hybridized carbons (Fsp3) is 0.650. The number of allylic oxidation sites excluding steroid dienone is 2. The molecule has 3 heterocycles. The van der Waals surface area contributed by atoms with Gasteiger partial charge in [-0.25, -0.2) is 9.38 Å². The van der Waals surface area contributed by atoms with Crippen molar-refractivity contribution in [2.24, 2.45) is 15.9 Å². The van der Waals surface area contributed by atoms with E-state index >= 15 is 0 Å². The van der Waals surface area contributed by atoms with Crippen molar-refractivity contribution in [3.8, 4) is 0 Å². The Morgan fingerprint density at radius 3 is 2.90 bits per heavy atom. The Hall–Kier alpha value is -1.55. The zero-order valence-corrected chi connectivity index (χ0v) is 17.3. The highest BCUT2D eigenvalue weighted by molar-refractivity contribution is 8.00. The average molecular weight is 424 g/mol. The molecule has 1 aliphatic carbocycles. The SMILES string of the molecule is CN1CCOC(COC2=CC3=NC(CSC4CCOCC4)=NC(=O)C3C(F)=C2)C1. The van der Waals surface area contributed by atoms with Gasteiger partial charge >= 0.3 is 0 Å². The molecule has 2 fully saturated rings. The molecular formula is C20H26FN3O4S. The lowest BCUT2D eigenvalue weighted by atomic mass is 9.94. The highest BCUT2D eigenvalue weighted by Gasteiger charge is 2.35. The summed E-state index contributed by atoms with van der Waals surface area (Å²) in [5.74, 6) is -0.784. The Bertz CT molecular complexity index is 761. The normalized spacial score (nSPS) is 28.8. The Morgan fingerprint density at radius 1 is 1.28 bits per heavy atom. The van der Waals surface area contributed by atoms with Crippen LogP contribution in [0.15, 0.2) is 33.7 Å². The minimum absolute atomic E-state index is 0.0632. The molecule has 158 valence electrons. The van der Waals surface area contributed by atoms with E-state index < -0.39 is 17.7 Å². The molecule has 0 aromatic rings. The molecule has 0 aromatic heterocycles. The van der Waals surface area contributed by atoms with E-state index in [2.05, 4.69) is 14.9 Å². The lowest BCUT2D eigenvalue weighted by Crippen LogP contribution is -2.42. The van der Waals surface area contributed by atoms with Crippen molar-refractivity contribution in [3.05, 3.63) is 23.7 Å². The molecule has 9 heteroatoms. The maximum atomic E-state index is 14.6. The number of halogens is 1. The number of hydrogen-bond donors (Lipinski definition) is 0. The number of ether oxygens (including phenoxy) is 3. The number of rotatable bonds is 6. The van der Waals surface area contributed by atoms with Gasteiger partial charge in [-0.1, -0.05) is 0 Å². The number of fused-ring (bicyclic) bond motifs is 1. The van der Waals surface area contributed by atoms with Crippen LogP contribution in [0.25, 0.3) is 0 Å². The predicted octanol–water partition coefficient (Wildman–Crippen LogP) is 1.99. The quantitative estimate of drug-likeness (QED) is 0.651. The highest BCUT2D eigenvalue weighted by Crippen LogP contribution is 2.29. The third-order valence-electron chi connectivity index (χ3n) is 5.28. The number of amidine groups is 1. The van der Waals surface area contributed by atoms with Crippen LogP contribution in [0.2, 0.25) is 0 Å². The zero-order chi connectivity index (χ0) is 20.2. The molecule has 0 radical (unpaired) electrons. The smallest absolute Gasteiger partial charge is 0.263 e. The molecule has 0 saturated carbocycles. The van der Waals surface area contributed by atoms with Gasteiger partial charge in [0.05, 0.1) is 18.1 Å². The number of nitrogens with zero attached hydrogens (tertiary/aromatic N) is 3. The zero-order valence-electron chi connectivity index (χ0n) is 16.5. The van der Waals surface area contributed by atoms with Crippen molar-refractivity contribution in [2.75, 3.05) is 52.3 Å². The molecule has 4 aliphatic rings. The standard InChI is InChI=1S/C20H26FN3O4S/c1-24-4-7-27-14(10-24)11-28-13-8-16(21)19-17(9-13)22-18(23-20(19)25)12-29-15-2-5-26-6-3-15/h8-9,14-15,19H,2-7,10-12H2,1H3. The third kappa shape index (κ3) is 5.33.